The number of rotatable bonds is 1. The maximum atomic E-state index is 5.71. The second-order valence-electron chi connectivity index (χ2n) is 4.70. The van der Waals surface area contributed by atoms with Crippen molar-refractivity contribution in [2.45, 2.75) is 25.3 Å². The lowest BCUT2D eigenvalue weighted by molar-refractivity contribution is 0.0114. The highest BCUT2D eigenvalue weighted by Gasteiger charge is 2.28. The van der Waals surface area contributed by atoms with Crippen LogP contribution in [0.25, 0.3) is 0 Å². The summed E-state index contributed by atoms with van der Waals surface area (Å²) in [5.41, 5.74) is 8.12. The van der Waals surface area contributed by atoms with E-state index in [1.165, 1.54) is 18.4 Å². The van der Waals surface area contributed by atoms with Gasteiger partial charge in [-0.1, -0.05) is 0 Å². The Bertz CT molecular complexity index is 403. The minimum atomic E-state index is 0.393. The molecule has 1 aromatic heterocycles. The minimum Gasteiger partial charge on any atom is -0.379 e. The van der Waals surface area contributed by atoms with Crippen LogP contribution in [-0.4, -0.2) is 41.2 Å². The SMILES string of the molecule is Nc1ncc2c(n1)C(N1CCOCC1)CCC2. The van der Waals surface area contributed by atoms with Gasteiger partial charge in [0.2, 0.25) is 5.95 Å². The molecule has 1 fully saturated rings. The van der Waals surface area contributed by atoms with Crippen LogP contribution >= 0.6 is 0 Å². The number of nitrogens with two attached hydrogens (primary N) is 1. The molecule has 0 amide bonds. The predicted octanol–water partition coefficient (Wildman–Crippen LogP) is 0.768. The molecule has 3 rings (SSSR count). The van der Waals surface area contributed by atoms with Gasteiger partial charge in [-0.2, -0.15) is 0 Å². The van der Waals surface area contributed by atoms with Gasteiger partial charge in [0.1, 0.15) is 0 Å². The zero-order chi connectivity index (χ0) is 11.7. The minimum absolute atomic E-state index is 0.393. The van der Waals surface area contributed by atoms with Gasteiger partial charge < -0.3 is 10.5 Å². The van der Waals surface area contributed by atoms with Gasteiger partial charge in [-0.25, -0.2) is 9.97 Å². The molecule has 2 aliphatic rings. The molecule has 1 aliphatic carbocycles. The topological polar surface area (TPSA) is 64.3 Å². The van der Waals surface area contributed by atoms with E-state index in [0.717, 1.165) is 38.4 Å². The third-order valence-corrected chi connectivity index (χ3v) is 3.64. The molecule has 1 aromatic rings. The highest BCUT2D eigenvalue weighted by atomic mass is 16.5. The molecule has 92 valence electrons. The Morgan fingerprint density at radius 3 is 3.00 bits per heavy atom. The first-order valence-electron chi connectivity index (χ1n) is 6.27. The first-order valence-corrected chi connectivity index (χ1v) is 6.27. The average Bonchev–Trinajstić information content (AvgIpc) is 2.39. The Balaban J connectivity index is 1.89. The van der Waals surface area contributed by atoms with E-state index in [1.807, 2.05) is 6.20 Å². The van der Waals surface area contributed by atoms with Crippen LogP contribution < -0.4 is 5.73 Å². The van der Waals surface area contributed by atoms with E-state index in [2.05, 4.69) is 14.9 Å². The van der Waals surface area contributed by atoms with E-state index in [-0.39, 0.29) is 0 Å². The maximum absolute atomic E-state index is 5.71. The van der Waals surface area contributed by atoms with Crippen LogP contribution in [0.3, 0.4) is 0 Å². The van der Waals surface area contributed by atoms with Crippen molar-refractivity contribution in [3.63, 3.8) is 0 Å². The van der Waals surface area contributed by atoms with Crippen LogP contribution in [0.15, 0.2) is 6.20 Å². The molecular formula is C12H18N4O. The fraction of sp³-hybridized carbons (Fsp3) is 0.667. The van der Waals surface area contributed by atoms with Crippen molar-refractivity contribution < 1.29 is 4.74 Å². The molecule has 1 unspecified atom stereocenters. The van der Waals surface area contributed by atoms with Gasteiger partial charge in [0.05, 0.1) is 24.9 Å². The van der Waals surface area contributed by atoms with Crippen molar-refractivity contribution >= 4 is 5.95 Å². The lowest BCUT2D eigenvalue weighted by Gasteiger charge is -2.36. The number of hydrogen-bond acceptors (Lipinski definition) is 5. The van der Waals surface area contributed by atoms with Crippen LogP contribution in [-0.2, 0) is 11.2 Å². The number of hydrogen-bond donors (Lipinski definition) is 1. The van der Waals surface area contributed by atoms with E-state index in [9.17, 15) is 0 Å². The van der Waals surface area contributed by atoms with Crippen LogP contribution in [0.5, 0.6) is 0 Å². The van der Waals surface area contributed by atoms with Gasteiger partial charge >= 0.3 is 0 Å². The predicted molar refractivity (Wildman–Crippen MR) is 64.5 cm³/mol. The zero-order valence-electron chi connectivity index (χ0n) is 9.93. The van der Waals surface area contributed by atoms with Crippen molar-refractivity contribution in [3.05, 3.63) is 17.5 Å². The van der Waals surface area contributed by atoms with Gasteiger partial charge in [-0.15, -0.1) is 0 Å². The largest absolute Gasteiger partial charge is 0.379 e. The van der Waals surface area contributed by atoms with Gasteiger partial charge in [0, 0.05) is 19.3 Å². The number of ether oxygens (including phenoxy) is 1. The smallest absolute Gasteiger partial charge is 0.220 e. The molecule has 0 saturated carbocycles. The van der Waals surface area contributed by atoms with E-state index < -0.39 is 0 Å². The summed E-state index contributed by atoms with van der Waals surface area (Å²) >= 11 is 0. The molecule has 1 atom stereocenters. The molecule has 17 heavy (non-hydrogen) atoms. The van der Waals surface area contributed by atoms with Crippen molar-refractivity contribution in [3.8, 4) is 0 Å². The second-order valence-corrected chi connectivity index (χ2v) is 4.70. The van der Waals surface area contributed by atoms with Crippen LogP contribution in [0, 0.1) is 0 Å². The molecule has 0 bridgehead atoms. The number of nitrogen functional groups attached to an aromatic ring is 1. The summed E-state index contributed by atoms with van der Waals surface area (Å²) in [5, 5.41) is 0. The summed E-state index contributed by atoms with van der Waals surface area (Å²) in [5.74, 6) is 0.393. The summed E-state index contributed by atoms with van der Waals surface area (Å²) in [7, 11) is 0. The Labute approximate surface area is 101 Å². The Morgan fingerprint density at radius 2 is 2.18 bits per heavy atom. The third kappa shape index (κ3) is 2.12. The number of fused-ring (bicyclic) bond motifs is 1. The van der Waals surface area contributed by atoms with Crippen molar-refractivity contribution in [2.24, 2.45) is 0 Å². The van der Waals surface area contributed by atoms with E-state index >= 15 is 0 Å². The van der Waals surface area contributed by atoms with E-state index in [1.54, 1.807) is 0 Å². The summed E-state index contributed by atoms with van der Waals surface area (Å²) < 4.78 is 5.40. The van der Waals surface area contributed by atoms with E-state index in [0.29, 0.717) is 12.0 Å². The molecule has 5 nitrogen and oxygen atoms in total. The number of anilines is 1. The van der Waals surface area contributed by atoms with Crippen molar-refractivity contribution in [1.82, 2.24) is 14.9 Å². The number of aromatic nitrogens is 2. The fourth-order valence-corrected chi connectivity index (χ4v) is 2.78. The third-order valence-electron chi connectivity index (χ3n) is 3.64. The normalized spacial score (nSPS) is 25.5. The molecular weight excluding hydrogens is 216 g/mol. The first kappa shape index (κ1) is 10.9. The van der Waals surface area contributed by atoms with Gasteiger partial charge in [-0.3, -0.25) is 4.90 Å². The average molecular weight is 234 g/mol. The van der Waals surface area contributed by atoms with E-state index in [4.69, 9.17) is 10.5 Å². The zero-order valence-corrected chi connectivity index (χ0v) is 9.93. The quantitative estimate of drug-likeness (QED) is 0.777. The molecule has 5 heteroatoms. The van der Waals surface area contributed by atoms with Crippen LogP contribution in [0.2, 0.25) is 0 Å². The Kier molecular flexibility index (Phi) is 2.94. The molecule has 0 radical (unpaired) electrons. The molecule has 2 N–H and O–H groups in total. The maximum Gasteiger partial charge on any atom is 0.220 e. The highest BCUT2D eigenvalue weighted by molar-refractivity contribution is 5.29. The van der Waals surface area contributed by atoms with Crippen molar-refractivity contribution in [2.75, 3.05) is 32.0 Å². The molecule has 1 saturated heterocycles. The van der Waals surface area contributed by atoms with Gasteiger partial charge in [0.15, 0.2) is 0 Å². The lowest BCUT2D eigenvalue weighted by atomic mass is 9.91. The number of morpholine rings is 1. The molecule has 1 aliphatic heterocycles. The molecule has 0 aromatic carbocycles. The lowest BCUT2D eigenvalue weighted by Crippen LogP contribution is -2.40. The standard InChI is InChI=1S/C12H18N4O/c13-12-14-8-9-2-1-3-10(11(9)15-12)16-4-6-17-7-5-16/h8,10H,1-7H2,(H2,13,14,15). The Hall–Kier alpha value is -1.20. The van der Waals surface area contributed by atoms with Crippen LogP contribution in [0.1, 0.15) is 30.1 Å². The van der Waals surface area contributed by atoms with Crippen LogP contribution in [0.4, 0.5) is 5.95 Å². The summed E-state index contributed by atoms with van der Waals surface area (Å²) in [6.45, 7) is 3.64. The molecule has 2 heterocycles. The second kappa shape index (κ2) is 4.58. The molecule has 0 spiro atoms. The number of aryl methyl sites for hydroxylation is 1. The summed E-state index contributed by atoms with van der Waals surface area (Å²) in [6, 6.07) is 0.410. The van der Waals surface area contributed by atoms with Crippen molar-refractivity contribution in [1.29, 1.82) is 0 Å². The fourth-order valence-electron chi connectivity index (χ4n) is 2.78. The van der Waals surface area contributed by atoms with Gasteiger partial charge in [-0.05, 0) is 24.8 Å². The number of nitrogens with zero attached hydrogens (tertiary/aromatic N) is 3. The first-order chi connectivity index (χ1) is 8.34. The highest BCUT2D eigenvalue weighted by Crippen LogP contribution is 2.33. The Morgan fingerprint density at radius 1 is 1.35 bits per heavy atom. The summed E-state index contributed by atoms with van der Waals surface area (Å²) in [4.78, 5) is 11.0. The summed E-state index contributed by atoms with van der Waals surface area (Å²) in [6.07, 6.45) is 5.35. The van der Waals surface area contributed by atoms with Gasteiger partial charge in [0.25, 0.3) is 0 Å². The monoisotopic (exact) mass is 234 g/mol.